The predicted molar refractivity (Wildman–Crippen MR) is 156 cm³/mol. The van der Waals surface area contributed by atoms with E-state index >= 15 is 0 Å². The molecule has 0 aliphatic heterocycles. The van der Waals surface area contributed by atoms with Gasteiger partial charge in [-0.25, -0.2) is 0 Å². The average molecular weight is 515 g/mol. The van der Waals surface area contributed by atoms with Gasteiger partial charge in [-0.3, -0.25) is 0 Å². The van der Waals surface area contributed by atoms with E-state index in [1.807, 2.05) is 0 Å². The summed E-state index contributed by atoms with van der Waals surface area (Å²) in [6.45, 7) is 4.59. The number of rotatable bonds is 29. The summed E-state index contributed by atoms with van der Waals surface area (Å²) in [5, 5.41) is 0. The highest BCUT2D eigenvalue weighted by Gasteiger charge is 2.18. The molecule has 0 amide bonds. The van der Waals surface area contributed by atoms with Gasteiger partial charge in [0.25, 0.3) is 0 Å². The van der Waals surface area contributed by atoms with E-state index in [4.69, 9.17) is 18.9 Å². The van der Waals surface area contributed by atoms with E-state index in [1.54, 1.807) is 28.4 Å². The molecule has 0 aromatic carbocycles. The molecule has 2 atom stereocenters. The molecule has 4 heteroatoms. The van der Waals surface area contributed by atoms with Crippen LogP contribution in [0.3, 0.4) is 0 Å². The number of hydrogen-bond donors (Lipinski definition) is 0. The van der Waals surface area contributed by atoms with Crippen molar-refractivity contribution in [3.8, 4) is 0 Å². The summed E-state index contributed by atoms with van der Waals surface area (Å²) >= 11 is 0. The Morgan fingerprint density at radius 2 is 0.611 bits per heavy atom. The maximum absolute atomic E-state index is 5.50. The molecular formula is C32H66O4. The molecule has 0 aliphatic rings. The molecule has 0 spiro atoms. The molecule has 218 valence electrons. The quantitative estimate of drug-likeness (QED) is 0.0735. The minimum Gasteiger partial charge on any atom is -0.356 e. The van der Waals surface area contributed by atoms with Crippen molar-refractivity contribution in [2.24, 2.45) is 11.8 Å². The molecule has 0 aliphatic carbocycles. The zero-order valence-electron chi connectivity index (χ0n) is 25.5. The highest BCUT2D eigenvalue weighted by atomic mass is 16.7. The number of ether oxygens (including phenoxy) is 4. The van der Waals surface area contributed by atoms with E-state index in [9.17, 15) is 0 Å². The van der Waals surface area contributed by atoms with Gasteiger partial charge in [0.05, 0.1) is 0 Å². The first-order valence-electron chi connectivity index (χ1n) is 15.8. The first kappa shape index (κ1) is 35.8. The van der Waals surface area contributed by atoms with Crippen molar-refractivity contribution >= 4 is 0 Å². The van der Waals surface area contributed by atoms with Crippen LogP contribution in [-0.4, -0.2) is 41.0 Å². The summed E-state index contributed by atoms with van der Waals surface area (Å²) < 4.78 is 22.0. The van der Waals surface area contributed by atoms with Crippen LogP contribution in [0.4, 0.5) is 0 Å². The Morgan fingerprint density at radius 1 is 0.333 bits per heavy atom. The summed E-state index contributed by atoms with van der Waals surface area (Å²) in [5.74, 6) is 1.57. The van der Waals surface area contributed by atoms with Crippen LogP contribution in [-0.2, 0) is 18.9 Å². The van der Waals surface area contributed by atoms with Crippen molar-refractivity contribution in [1.29, 1.82) is 0 Å². The van der Waals surface area contributed by atoms with E-state index in [0.29, 0.717) is 0 Å². The molecular weight excluding hydrogens is 448 g/mol. The zero-order chi connectivity index (χ0) is 26.7. The number of unbranched alkanes of at least 4 members (excludes halogenated alkanes) is 12. The summed E-state index contributed by atoms with van der Waals surface area (Å²) in [4.78, 5) is 0. The summed E-state index contributed by atoms with van der Waals surface area (Å²) in [5.41, 5.74) is 0. The first-order chi connectivity index (χ1) is 17.6. The predicted octanol–water partition coefficient (Wildman–Crippen LogP) is 10.1. The van der Waals surface area contributed by atoms with Crippen LogP contribution in [0.5, 0.6) is 0 Å². The standard InChI is InChI=1S/C32H66O4/c1-7-9-11-13-15-17-19-21-29(25-27-31(33-3)34-4)23-24-30(26-28-32(35-5)36-6)22-20-18-16-14-12-10-8-2/h29-32H,7-28H2,1-6H3. The van der Waals surface area contributed by atoms with Crippen molar-refractivity contribution in [3.05, 3.63) is 0 Å². The lowest BCUT2D eigenvalue weighted by molar-refractivity contribution is -0.110. The van der Waals surface area contributed by atoms with Crippen LogP contribution < -0.4 is 0 Å². The average Bonchev–Trinajstić information content (AvgIpc) is 2.90. The van der Waals surface area contributed by atoms with Gasteiger partial charge in [-0.2, -0.15) is 0 Å². The van der Waals surface area contributed by atoms with Crippen molar-refractivity contribution in [1.82, 2.24) is 0 Å². The maximum atomic E-state index is 5.50. The third kappa shape index (κ3) is 21.9. The second-order valence-electron chi connectivity index (χ2n) is 11.1. The van der Waals surface area contributed by atoms with Crippen LogP contribution in [0.1, 0.15) is 155 Å². The van der Waals surface area contributed by atoms with Gasteiger partial charge in [-0.1, -0.05) is 129 Å². The Balaban J connectivity index is 4.68. The molecule has 4 nitrogen and oxygen atoms in total. The third-order valence-corrected chi connectivity index (χ3v) is 8.09. The molecule has 0 saturated carbocycles. The SMILES string of the molecule is CCCCCCCCCC(CCC(CCCCCCCCC)CCC(OC)OC)CCC(OC)OC. The summed E-state index contributed by atoms with van der Waals surface area (Å²) in [7, 11) is 7.05. The van der Waals surface area contributed by atoms with Crippen LogP contribution in [0.2, 0.25) is 0 Å². The third-order valence-electron chi connectivity index (χ3n) is 8.09. The minimum absolute atomic E-state index is 0.0609. The van der Waals surface area contributed by atoms with E-state index in [0.717, 1.165) is 24.7 Å². The van der Waals surface area contributed by atoms with E-state index in [-0.39, 0.29) is 12.6 Å². The van der Waals surface area contributed by atoms with E-state index in [2.05, 4.69) is 13.8 Å². The summed E-state index contributed by atoms with van der Waals surface area (Å²) in [6, 6.07) is 0. The maximum Gasteiger partial charge on any atom is 0.156 e. The monoisotopic (exact) mass is 514 g/mol. The number of methoxy groups -OCH3 is 4. The number of hydrogen-bond acceptors (Lipinski definition) is 4. The van der Waals surface area contributed by atoms with Gasteiger partial charge in [0.1, 0.15) is 0 Å². The topological polar surface area (TPSA) is 36.9 Å². The van der Waals surface area contributed by atoms with E-state index < -0.39 is 0 Å². The van der Waals surface area contributed by atoms with Gasteiger partial charge < -0.3 is 18.9 Å². The highest BCUT2D eigenvalue weighted by Crippen LogP contribution is 2.29. The zero-order valence-corrected chi connectivity index (χ0v) is 25.5. The molecule has 0 aromatic heterocycles. The van der Waals surface area contributed by atoms with Gasteiger partial charge >= 0.3 is 0 Å². The molecule has 0 heterocycles. The van der Waals surface area contributed by atoms with Gasteiger partial charge in [-0.05, 0) is 37.5 Å². The first-order valence-corrected chi connectivity index (χ1v) is 15.8. The fraction of sp³-hybridized carbons (Fsp3) is 1.00. The Kier molecular flexibility index (Phi) is 27.7. The molecule has 0 bridgehead atoms. The van der Waals surface area contributed by atoms with Crippen LogP contribution in [0.15, 0.2) is 0 Å². The Bertz CT molecular complexity index is 371. The molecule has 0 fully saturated rings. The normalized spacial score (nSPS) is 13.7. The van der Waals surface area contributed by atoms with Crippen molar-refractivity contribution in [2.45, 2.75) is 168 Å². The van der Waals surface area contributed by atoms with Gasteiger partial charge in [0, 0.05) is 28.4 Å². The molecule has 0 radical (unpaired) electrons. The van der Waals surface area contributed by atoms with Crippen molar-refractivity contribution in [2.75, 3.05) is 28.4 Å². The highest BCUT2D eigenvalue weighted by molar-refractivity contribution is 4.68. The largest absolute Gasteiger partial charge is 0.356 e. The lowest BCUT2D eigenvalue weighted by Gasteiger charge is -2.24. The second-order valence-corrected chi connectivity index (χ2v) is 11.1. The van der Waals surface area contributed by atoms with Crippen LogP contribution in [0, 0.1) is 11.8 Å². The van der Waals surface area contributed by atoms with Crippen LogP contribution in [0.25, 0.3) is 0 Å². The smallest absolute Gasteiger partial charge is 0.156 e. The van der Waals surface area contributed by atoms with E-state index in [1.165, 1.54) is 128 Å². The lowest BCUT2D eigenvalue weighted by Crippen LogP contribution is -2.17. The van der Waals surface area contributed by atoms with Crippen molar-refractivity contribution in [3.63, 3.8) is 0 Å². The molecule has 0 N–H and O–H groups in total. The molecule has 0 saturated heterocycles. The Labute approximate surface area is 227 Å². The summed E-state index contributed by atoms with van der Waals surface area (Å²) in [6.07, 6.45) is 29.1. The second kappa shape index (κ2) is 27.9. The molecule has 36 heavy (non-hydrogen) atoms. The van der Waals surface area contributed by atoms with Crippen LogP contribution >= 0.6 is 0 Å². The molecule has 2 unspecified atom stereocenters. The molecule has 0 rings (SSSR count). The fourth-order valence-electron chi connectivity index (χ4n) is 5.53. The van der Waals surface area contributed by atoms with Gasteiger partial charge in [0.2, 0.25) is 0 Å². The Morgan fingerprint density at radius 3 is 0.917 bits per heavy atom. The lowest BCUT2D eigenvalue weighted by atomic mass is 9.84. The minimum atomic E-state index is -0.0609. The van der Waals surface area contributed by atoms with Crippen molar-refractivity contribution < 1.29 is 18.9 Å². The molecule has 0 aromatic rings. The van der Waals surface area contributed by atoms with Gasteiger partial charge in [-0.15, -0.1) is 0 Å². The fourth-order valence-corrected chi connectivity index (χ4v) is 5.53. The Hall–Kier alpha value is -0.160. The van der Waals surface area contributed by atoms with Gasteiger partial charge in [0.15, 0.2) is 12.6 Å².